The third-order valence-corrected chi connectivity index (χ3v) is 7.21. The molecule has 9 heteroatoms. The third-order valence-electron chi connectivity index (χ3n) is 6.96. The van der Waals surface area contributed by atoms with E-state index >= 15 is 0 Å². The van der Waals surface area contributed by atoms with E-state index in [0.29, 0.717) is 36.0 Å². The number of carbonyl (C=O) groups excluding carboxylic acids is 2. The summed E-state index contributed by atoms with van der Waals surface area (Å²) in [5.74, 6) is -0.448. The molecule has 1 unspecified atom stereocenters. The van der Waals surface area contributed by atoms with Crippen molar-refractivity contribution in [2.24, 2.45) is 0 Å². The number of rotatable bonds is 9. The molecule has 0 saturated carbocycles. The minimum Gasteiger partial charge on any atom is -0.489 e. The summed E-state index contributed by atoms with van der Waals surface area (Å²) < 4.78 is 13.1. The summed E-state index contributed by atoms with van der Waals surface area (Å²) in [5, 5.41) is 3.43. The maximum atomic E-state index is 13.4. The number of imidazole rings is 1. The molecule has 1 N–H and O–H groups in total. The van der Waals surface area contributed by atoms with Gasteiger partial charge >= 0.3 is 5.97 Å². The van der Waals surface area contributed by atoms with Crippen LogP contribution in [0.5, 0.6) is 5.75 Å². The summed E-state index contributed by atoms with van der Waals surface area (Å²) >= 11 is 5.99. The first-order valence-electron chi connectivity index (χ1n) is 13.1. The fourth-order valence-electron chi connectivity index (χ4n) is 4.78. The highest BCUT2D eigenvalue weighted by Gasteiger charge is 2.28. The van der Waals surface area contributed by atoms with E-state index in [-0.39, 0.29) is 6.42 Å². The number of aromatic nitrogens is 2. The second-order valence-corrected chi connectivity index (χ2v) is 10.2. The van der Waals surface area contributed by atoms with Crippen molar-refractivity contribution >= 4 is 29.2 Å². The Kier molecular flexibility index (Phi) is 8.36. The third kappa shape index (κ3) is 6.29. The van der Waals surface area contributed by atoms with E-state index in [1.165, 1.54) is 18.2 Å². The van der Waals surface area contributed by atoms with E-state index < -0.39 is 17.9 Å². The molecule has 1 atom stereocenters. The number of ether oxygens (including phenoxy) is 2. The Morgan fingerprint density at radius 3 is 2.55 bits per heavy atom. The Hall–Kier alpha value is -4.30. The number of benzene rings is 3. The number of hydrogen-bond donors (Lipinski definition) is 1. The van der Waals surface area contributed by atoms with Crippen LogP contribution in [0, 0.1) is 6.92 Å². The van der Waals surface area contributed by atoms with Gasteiger partial charge in [0.1, 0.15) is 12.6 Å². The van der Waals surface area contributed by atoms with Crippen molar-refractivity contribution in [2.75, 3.05) is 25.2 Å². The summed E-state index contributed by atoms with van der Waals surface area (Å²) in [4.78, 5) is 32.6. The highest BCUT2D eigenvalue weighted by atomic mass is 35.5. The number of fused-ring (bicyclic) bond motifs is 1. The minimum absolute atomic E-state index is 0.266. The molecule has 1 aliphatic rings. The summed E-state index contributed by atoms with van der Waals surface area (Å²) in [7, 11) is 1.30. The molecule has 0 aliphatic carbocycles. The van der Waals surface area contributed by atoms with Crippen LogP contribution in [-0.4, -0.2) is 47.7 Å². The molecule has 1 aromatic heterocycles. The molecule has 0 fully saturated rings. The van der Waals surface area contributed by atoms with Crippen LogP contribution in [0.25, 0.3) is 0 Å². The first-order chi connectivity index (χ1) is 19.4. The van der Waals surface area contributed by atoms with Gasteiger partial charge in [-0.15, -0.1) is 0 Å². The number of nitrogens with zero attached hydrogens (tertiary/aromatic N) is 3. The predicted octanol–water partition coefficient (Wildman–Crippen LogP) is 4.81. The van der Waals surface area contributed by atoms with Gasteiger partial charge in [0.15, 0.2) is 5.75 Å². The molecule has 4 aromatic rings. The standard InChI is InChI=1S/C31H31ClN4O4/c1-21-6-8-23(9-7-21)18-36-20-33-17-25(36)19-35-14-15-40-29-26(4-3-5-28(29)35)30(37)34-27(31(38)39-2)16-22-10-12-24(32)13-11-22/h3-13,17,20,27H,14-16,18-19H2,1-2H3,(H,34,37). The topological polar surface area (TPSA) is 85.7 Å². The zero-order chi connectivity index (χ0) is 28.1. The predicted molar refractivity (Wildman–Crippen MR) is 154 cm³/mol. The van der Waals surface area contributed by atoms with Crippen LogP contribution < -0.4 is 15.0 Å². The highest BCUT2D eigenvalue weighted by molar-refractivity contribution is 6.30. The van der Waals surface area contributed by atoms with Gasteiger partial charge in [0, 0.05) is 24.2 Å². The van der Waals surface area contributed by atoms with Gasteiger partial charge in [-0.1, -0.05) is 59.6 Å². The van der Waals surface area contributed by atoms with Crippen LogP contribution in [0.1, 0.15) is 32.7 Å². The van der Waals surface area contributed by atoms with Crippen LogP contribution in [0.4, 0.5) is 5.69 Å². The summed E-state index contributed by atoms with van der Waals surface area (Å²) in [6.07, 6.45) is 3.98. The quantitative estimate of drug-likeness (QED) is 0.297. The normalized spacial score (nSPS) is 13.2. The van der Waals surface area contributed by atoms with E-state index in [9.17, 15) is 9.59 Å². The molecule has 206 valence electrons. The van der Waals surface area contributed by atoms with Crippen LogP contribution in [-0.2, 0) is 29.0 Å². The first kappa shape index (κ1) is 27.3. The van der Waals surface area contributed by atoms with E-state index in [1.54, 1.807) is 18.2 Å². The Morgan fingerprint density at radius 2 is 1.80 bits per heavy atom. The van der Waals surface area contributed by atoms with Crippen molar-refractivity contribution in [1.29, 1.82) is 0 Å². The van der Waals surface area contributed by atoms with Gasteiger partial charge in [-0.05, 0) is 42.3 Å². The largest absolute Gasteiger partial charge is 0.489 e. The number of anilines is 1. The van der Waals surface area contributed by atoms with E-state index in [1.807, 2.05) is 36.8 Å². The second kappa shape index (κ2) is 12.3. The fourth-order valence-corrected chi connectivity index (χ4v) is 4.91. The SMILES string of the molecule is COC(=O)C(Cc1ccc(Cl)cc1)NC(=O)c1cccc2c1OCCN2Cc1cncn1Cc1ccc(C)cc1. The molecule has 8 nitrogen and oxygen atoms in total. The Balaban J connectivity index is 1.34. The minimum atomic E-state index is -0.870. The van der Waals surface area contributed by atoms with Crippen molar-refractivity contribution in [2.45, 2.75) is 32.5 Å². The van der Waals surface area contributed by atoms with Gasteiger partial charge in [-0.2, -0.15) is 0 Å². The van der Waals surface area contributed by atoms with Gasteiger partial charge in [-0.3, -0.25) is 4.79 Å². The van der Waals surface area contributed by atoms with Crippen LogP contribution in [0.2, 0.25) is 5.02 Å². The lowest BCUT2D eigenvalue weighted by atomic mass is 10.0. The van der Waals surface area contributed by atoms with E-state index in [2.05, 4.69) is 51.0 Å². The fraction of sp³-hybridized carbons (Fsp3) is 0.258. The molecule has 40 heavy (non-hydrogen) atoms. The lowest BCUT2D eigenvalue weighted by Crippen LogP contribution is -2.43. The van der Waals surface area contributed by atoms with Crippen molar-refractivity contribution < 1.29 is 19.1 Å². The number of hydrogen-bond acceptors (Lipinski definition) is 6. The van der Waals surface area contributed by atoms with Crippen molar-refractivity contribution in [1.82, 2.24) is 14.9 Å². The molecular weight excluding hydrogens is 528 g/mol. The Labute approximate surface area is 238 Å². The van der Waals surface area contributed by atoms with E-state index in [0.717, 1.165) is 23.5 Å². The zero-order valence-corrected chi connectivity index (χ0v) is 23.2. The van der Waals surface area contributed by atoms with Gasteiger partial charge in [0.25, 0.3) is 5.91 Å². The maximum absolute atomic E-state index is 13.4. The van der Waals surface area contributed by atoms with Crippen LogP contribution in [0.3, 0.4) is 0 Å². The number of amides is 1. The average Bonchev–Trinajstić information content (AvgIpc) is 3.40. The van der Waals surface area contributed by atoms with Gasteiger partial charge in [0.05, 0.1) is 43.5 Å². The number of methoxy groups -OCH3 is 1. The molecule has 5 rings (SSSR count). The monoisotopic (exact) mass is 558 g/mol. The lowest BCUT2D eigenvalue weighted by Gasteiger charge is -2.32. The smallest absolute Gasteiger partial charge is 0.328 e. The second-order valence-electron chi connectivity index (χ2n) is 9.80. The number of halogens is 1. The van der Waals surface area contributed by atoms with Gasteiger partial charge in [-0.25, -0.2) is 9.78 Å². The molecule has 0 radical (unpaired) electrons. The number of nitrogens with one attached hydrogen (secondary N) is 1. The summed E-state index contributed by atoms with van der Waals surface area (Å²) in [5.41, 5.74) is 5.50. The summed E-state index contributed by atoms with van der Waals surface area (Å²) in [6.45, 7) is 4.49. The number of para-hydroxylation sites is 1. The molecule has 2 heterocycles. The van der Waals surface area contributed by atoms with E-state index in [4.69, 9.17) is 21.1 Å². The number of carbonyl (C=O) groups is 2. The molecule has 1 aliphatic heterocycles. The van der Waals surface area contributed by atoms with Gasteiger partial charge in [0.2, 0.25) is 0 Å². The van der Waals surface area contributed by atoms with Crippen LogP contribution >= 0.6 is 11.6 Å². The Bertz CT molecular complexity index is 1480. The number of aryl methyl sites for hydroxylation is 1. The highest BCUT2D eigenvalue weighted by Crippen LogP contribution is 2.36. The zero-order valence-electron chi connectivity index (χ0n) is 22.5. The maximum Gasteiger partial charge on any atom is 0.328 e. The molecular formula is C31H31ClN4O4. The Morgan fingerprint density at radius 1 is 1.05 bits per heavy atom. The average molecular weight is 559 g/mol. The molecule has 0 spiro atoms. The lowest BCUT2D eigenvalue weighted by molar-refractivity contribution is -0.142. The van der Waals surface area contributed by atoms with Crippen molar-refractivity contribution in [3.8, 4) is 5.75 Å². The molecule has 0 bridgehead atoms. The van der Waals surface area contributed by atoms with Gasteiger partial charge < -0.3 is 24.3 Å². The number of esters is 1. The molecule has 3 aromatic carbocycles. The van der Waals surface area contributed by atoms with Crippen LogP contribution in [0.15, 0.2) is 79.3 Å². The molecule has 0 saturated heterocycles. The first-order valence-corrected chi connectivity index (χ1v) is 13.5. The van der Waals surface area contributed by atoms with Crippen molar-refractivity contribution in [3.05, 3.63) is 112 Å². The molecule has 1 amide bonds. The summed E-state index contributed by atoms with van der Waals surface area (Å²) in [6, 6.07) is 20.2. The van der Waals surface area contributed by atoms with Crippen molar-refractivity contribution in [3.63, 3.8) is 0 Å².